The molecule has 0 aliphatic heterocycles. The van der Waals surface area contributed by atoms with Crippen molar-refractivity contribution in [2.45, 2.75) is 23.4 Å². The third-order valence-corrected chi connectivity index (χ3v) is 3.73. The summed E-state index contributed by atoms with van der Waals surface area (Å²) in [6.45, 7) is 4.34. The molecule has 2 aromatic heterocycles. The highest BCUT2D eigenvalue weighted by atomic mass is 32.2. The smallest absolute Gasteiger partial charge is 0.114 e. The molecule has 0 aromatic carbocycles. The Kier molecular flexibility index (Phi) is 5.44. The molecular formula is C14H18N2O2S. The summed E-state index contributed by atoms with van der Waals surface area (Å²) in [5, 5.41) is 4.27. The molecule has 102 valence electrons. The van der Waals surface area contributed by atoms with Crippen molar-refractivity contribution in [2.24, 2.45) is 0 Å². The molecule has 0 saturated heterocycles. The van der Waals surface area contributed by atoms with Gasteiger partial charge in [0.05, 0.1) is 17.8 Å². The SMILES string of the molecule is COCCNCc1ccc(Sc2ccoc2C)nc1. The molecule has 0 radical (unpaired) electrons. The summed E-state index contributed by atoms with van der Waals surface area (Å²) in [5.74, 6) is 0.928. The molecule has 0 bridgehead atoms. The average molecular weight is 278 g/mol. The second-order valence-electron chi connectivity index (χ2n) is 4.12. The lowest BCUT2D eigenvalue weighted by Gasteiger charge is -2.05. The number of furan rings is 1. The first-order valence-electron chi connectivity index (χ1n) is 6.16. The van der Waals surface area contributed by atoms with Gasteiger partial charge in [-0.2, -0.15) is 0 Å². The molecule has 1 N–H and O–H groups in total. The molecule has 0 unspecified atom stereocenters. The van der Waals surface area contributed by atoms with Gasteiger partial charge in [0, 0.05) is 26.4 Å². The first-order valence-corrected chi connectivity index (χ1v) is 6.98. The van der Waals surface area contributed by atoms with Crippen LogP contribution in [0.4, 0.5) is 0 Å². The normalized spacial score (nSPS) is 10.8. The fourth-order valence-electron chi connectivity index (χ4n) is 1.57. The van der Waals surface area contributed by atoms with Gasteiger partial charge in [-0.1, -0.05) is 17.8 Å². The summed E-state index contributed by atoms with van der Waals surface area (Å²) in [6.07, 6.45) is 3.60. The van der Waals surface area contributed by atoms with Crippen LogP contribution in [0.15, 0.2) is 45.0 Å². The van der Waals surface area contributed by atoms with Crippen LogP contribution in [0.3, 0.4) is 0 Å². The quantitative estimate of drug-likeness (QED) is 0.789. The third-order valence-electron chi connectivity index (χ3n) is 2.64. The van der Waals surface area contributed by atoms with Gasteiger partial charge in [0.15, 0.2) is 0 Å². The molecule has 2 aromatic rings. The predicted octanol–water partition coefficient (Wildman–Crippen LogP) is 2.87. The summed E-state index contributed by atoms with van der Waals surface area (Å²) in [6, 6.07) is 6.08. The molecule has 0 atom stereocenters. The highest BCUT2D eigenvalue weighted by molar-refractivity contribution is 7.99. The second kappa shape index (κ2) is 7.33. The van der Waals surface area contributed by atoms with Crippen molar-refractivity contribution in [2.75, 3.05) is 20.3 Å². The lowest BCUT2D eigenvalue weighted by molar-refractivity contribution is 0.199. The van der Waals surface area contributed by atoms with Gasteiger partial charge >= 0.3 is 0 Å². The molecule has 0 saturated carbocycles. The van der Waals surface area contributed by atoms with Gasteiger partial charge in [-0.15, -0.1) is 0 Å². The molecule has 2 rings (SSSR count). The number of aromatic nitrogens is 1. The number of ether oxygens (including phenoxy) is 1. The molecule has 2 heterocycles. The van der Waals surface area contributed by atoms with Crippen molar-refractivity contribution in [1.29, 1.82) is 0 Å². The number of pyridine rings is 1. The Bertz CT molecular complexity index is 496. The van der Waals surface area contributed by atoms with E-state index >= 15 is 0 Å². The molecule has 0 aliphatic rings. The minimum absolute atomic E-state index is 0.723. The van der Waals surface area contributed by atoms with Gasteiger partial charge in [0.25, 0.3) is 0 Å². The average Bonchev–Trinajstić information content (AvgIpc) is 2.82. The summed E-state index contributed by atoms with van der Waals surface area (Å²) in [7, 11) is 1.70. The zero-order valence-electron chi connectivity index (χ0n) is 11.2. The maximum Gasteiger partial charge on any atom is 0.114 e. The number of aryl methyl sites for hydroxylation is 1. The number of rotatable bonds is 7. The van der Waals surface area contributed by atoms with E-state index < -0.39 is 0 Å². The van der Waals surface area contributed by atoms with E-state index in [0.717, 1.165) is 35.4 Å². The maximum absolute atomic E-state index is 5.27. The van der Waals surface area contributed by atoms with E-state index in [0.29, 0.717) is 0 Å². The molecule has 5 heteroatoms. The van der Waals surface area contributed by atoms with E-state index in [1.807, 2.05) is 25.3 Å². The minimum Gasteiger partial charge on any atom is -0.468 e. The number of hydrogen-bond acceptors (Lipinski definition) is 5. The number of methoxy groups -OCH3 is 1. The summed E-state index contributed by atoms with van der Waals surface area (Å²) < 4.78 is 10.2. The van der Waals surface area contributed by atoms with Crippen LogP contribution in [0.1, 0.15) is 11.3 Å². The van der Waals surface area contributed by atoms with Crippen LogP contribution < -0.4 is 5.32 Å². The lowest BCUT2D eigenvalue weighted by atomic mass is 10.3. The van der Waals surface area contributed by atoms with Crippen molar-refractivity contribution < 1.29 is 9.15 Å². The molecular weight excluding hydrogens is 260 g/mol. The van der Waals surface area contributed by atoms with Crippen LogP contribution in [0.2, 0.25) is 0 Å². The van der Waals surface area contributed by atoms with Crippen molar-refractivity contribution in [3.63, 3.8) is 0 Å². The number of nitrogens with one attached hydrogen (secondary N) is 1. The van der Waals surface area contributed by atoms with E-state index in [2.05, 4.69) is 16.4 Å². The standard InChI is InChI=1S/C14H18N2O2S/c1-11-13(5-7-18-11)19-14-4-3-12(10-16-14)9-15-6-8-17-2/h3-5,7,10,15H,6,8-9H2,1-2H3. The fourth-order valence-corrected chi connectivity index (χ4v) is 2.36. The van der Waals surface area contributed by atoms with Crippen molar-refractivity contribution in [3.05, 3.63) is 42.0 Å². The van der Waals surface area contributed by atoms with E-state index in [4.69, 9.17) is 9.15 Å². The Morgan fingerprint density at radius 1 is 1.37 bits per heavy atom. The first-order chi connectivity index (χ1) is 9.29. The predicted molar refractivity (Wildman–Crippen MR) is 75.4 cm³/mol. The summed E-state index contributed by atoms with van der Waals surface area (Å²) in [5.41, 5.74) is 1.17. The largest absolute Gasteiger partial charge is 0.468 e. The Morgan fingerprint density at radius 2 is 2.26 bits per heavy atom. The molecule has 0 amide bonds. The minimum atomic E-state index is 0.723. The van der Waals surface area contributed by atoms with Crippen LogP contribution in [0.25, 0.3) is 0 Å². The van der Waals surface area contributed by atoms with Gasteiger partial charge in [0.2, 0.25) is 0 Å². The van der Waals surface area contributed by atoms with Gasteiger partial charge < -0.3 is 14.5 Å². The van der Waals surface area contributed by atoms with E-state index in [1.54, 1.807) is 25.1 Å². The molecule has 0 spiro atoms. The number of nitrogens with zero attached hydrogens (tertiary/aromatic N) is 1. The van der Waals surface area contributed by atoms with Gasteiger partial charge in [-0.25, -0.2) is 4.98 Å². The van der Waals surface area contributed by atoms with Crippen molar-refractivity contribution in [3.8, 4) is 0 Å². The Hall–Kier alpha value is -1.30. The van der Waals surface area contributed by atoms with Crippen LogP contribution in [-0.4, -0.2) is 25.2 Å². The summed E-state index contributed by atoms with van der Waals surface area (Å²) >= 11 is 1.62. The van der Waals surface area contributed by atoms with Gasteiger partial charge in [-0.3, -0.25) is 0 Å². The third kappa shape index (κ3) is 4.38. The highest BCUT2D eigenvalue weighted by Crippen LogP contribution is 2.29. The summed E-state index contributed by atoms with van der Waals surface area (Å²) in [4.78, 5) is 5.55. The maximum atomic E-state index is 5.27. The molecule has 0 fully saturated rings. The van der Waals surface area contributed by atoms with Gasteiger partial charge in [0.1, 0.15) is 10.8 Å². The van der Waals surface area contributed by atoms with Crippen LogP contribution in [-0.2, 0) is 11.3 Å². The Balaban J connectivity index is 1.86. The molecule has 0 aliphatic carbocycles. The van der Waals surface area contributed by atoms with Crippen molar-refractivity contribution in [1.82, 2.24) is 10.3 Å². The zero-order valence-corrected chi connectivity index (χ0v) is 12.0. The van der Waals surface area contributed by atoms with Crippen LogP contribution in [0.5, 0.6) is 0 Å². The molecule has 19 heavy (non-hydrogen) atoms. The van der Waals surface area contributed by atoms with E-state index in [1.165, 1.54) is 5.56 Å². The highest BCUT2D eigenvalue weighted by Gasteiger charge is 2.04. The first kappa shape index (κ1) is 14.1. The Labute approximate surface area is 117 Å². The number of hydrogen-bond donors (Lipinski definition) is 1. The van der Waals surface area contributed by atoms with Gasteiger partial charge in [-0.05, 0) is 24.6 Å². The zero-order chi connectivity index (χ0) is 13.5. The Morgan fingerprint density at radius 3 is 2.89 bits per heavy atom. The fraction of sp³-hybridized carbons (Fsp3) is 0.357. The lowest BCUT2D eigenvalue weighted by Crippen LogP contribution is -2.18. The molecule has 4 nitrogen and oxygen atoms in total. The van der Waals surface area contributed by atoms with Crippen LogP contribution >= 0.6 is 11.8 Å². The van der Waals surface area contributed by atoms with Crippen LogP contribution in [0, 0.1) is 6.92 Å². The topological polar surface area (TPSA) is 47.3 Å². The monoisotopic (exact) mass is 278 g/mol. The van der Waals surface area contributed by atoms with Crippen molar-refractivity contribution >= 4 is 11.8 Å². The second-order valence-corrected chi connectivity index (χ2v) is 5.18. The van der Waals surface area contributed by atoms with E-state index in [9.17, 15) is 0 Å². The van der Waals surface area contributed by atoms with E-state index in [-0.39, 0.29) is 0 Å².